The number of aromatic nitrogens is 3. The van der Waals surface area contributed by atoms with Crippen LogP contribution in [0, 0.1) is 11.3 Å². The molecule has 1 aliphatic heterocycles. The molecule has 0 aliphatic carbocycles. The van der Waals surface area contributed by atoms with Gasteiger partial charge in [-0.05, 0) is 48.9 Å². The summed E-state index contributed by atoms with van der Waals surface area (Å²) >= 11 is 0. The molecule has 3 aromatic rings. The monoisotopic (exact) mass is 452 g/mol. The van der Waals surface area contributed by atoms with E-state index >= 15 is 0 Å². The molecule has 1 aliphatic rings. The van der Waals surface area contributed by atoms with E-state index in [0.717, 1.165) is 12.1 Å². The molecule has 1 aromatic heterocycles. The van der Waals surface area contributed by atoms with Crippen LogP contribution in [-0.2, 0) is 6.18 Å². The van der Waals surface area contributed by atoms with Gasteiger partial charge in [0.1, 0.15) is 6.33 Å². The number of carbonyl (C=O) groups is 1. The zero-order valence-corrected chi connectivity index (χ0v) is 17.8. The van der Waals surface area contributed by atoms with E-state index in [4.69, 9.17) is 5.26 Å². The Balaban J connectivity index is 1.86. The Morgan fingerprint density at radius 2 is 1.88 bits per heavy atom. The molecule has 33 heavy (non-hydrogen) atoms. The van der Waals surface area contributed by atoms with Crippen LogP contribution in [0.25, 0.3) is 17.1 Å². The minimum atomic E-state index is -4.53. The predicted molar refractivity (Wildman–Crippen MR) is 116 cm³/mol. The van der Waals surface area contributed by atoms with Crippen molar-refractivity contribution in [3.63, 3.8) is 0 Å². The van der Waals surface area contributed by atoms with Crippen LogP contribution in [0.15, 0.2) is 60.6 Å². The molecule has 0 saturated carbocycles. The van der Waals surface area contributed by atoms with Gasteiger partial charge in [-0.15, -0.1) is 10.2 Å². The van der Waals surface area contributed by atoms with Gasteiger partial charge in [0.15, 0.2) is 5.82 Å². The summed E-state index contributed by atoms with van der Waals surface area (Å²) in [6.45, 7) is 2.05. The van der Waals surface area contributed by atoms with Gasteiger partial charge in [-0.1, -0.05) is 13.0 Å². The van der Waals surface area contributed by atoms with E-state index < -0.39 is 17.8 Å². The minimum absolute atomic E-state index is 0.128. The first-order valence-electron chi connectivity index (χ1n) is 10.1. The van der Waals surface area contributed by atoms with Gasteiger partial charge in [-0.2, -0.15) is 18.4 Å². The van der Waals surface area contributed by atoms with Gasteiger partial charge in [-0.25, -0.2) is 4.79 Å². The lowest BCUT2D eigenvalue weighted by Gasteiger charge is -2.37. The molecule has 0 bridgehead atoms. The number of urea groups is 1. The van der Waals surface area contributed by atoms with Crippen LogP contribution in [0.2, 0.25) is 0 Å². The highest BCUT2D eigenvalue weighted by atomic mass is 19.4. The molecule has 0 spiro atoms. The molecule has 0 saturated heterocycles. The second-order valence-electron chi connectivity index (χ2n) is 7.48. The summed E-state index contributed by atoms with van der Waals surface area (Å²) < 4.78 is 41.7. The number of nitrogens with zero attached hydrogens (tertiary/aromatic N) is 6. The van der Waals surface area contributed by atoms with Crippen molar-refractivity contribution in [3.8, 4) is 17.5 Å². The summed E-state index contributed by atoms with van der Waals surface area (Å²) in [5.74, 6) is 0.493. The number of amides is 2. The van der Waals surface area contributed by atoms with Crippen LogP contribution >= 0.6 is 0 Å². The molecule has 10 heteroatoms. The molecule has 0 N–H and O–H groups in total. The maximum atomic E-state index is 13.3. The fraction of sp³-hybridized carbons (Fsp3) is 0.217. The Bertz CT molecular complexity index is 1270. The first-order chi connectivity index (χ1) is 15.7. The molecule has 2 aromatic carbocycles. The van der Waals surface area contributed by atoms with Crippen LogP contribution in [0.1, 0.15) is 24.5 Å². The van der Waals surface area contributed by atoms with Gasteiger partial charge < -0.3 is 4.90 Å². The molecule has 2 amide bonds. The highest BCUT2D eigenvalue weighted by Crippen LogP contribution is 2.36. The first kappa shape index (κ1) is 22.1. The van der Waals surface area contributed by atoms with Gasteiger partial charge in [0, 0.05) is 18.3 Å². The smallest absolute Gasteiger partial charge is 0.321 e. The molecule has 7 nitrogen and oxygen atoms in total. The Morgan fingerprint density at radius 3 is 2.52 bits per heavy atom. The van der Waals surface area contributed by atoms with Gasteiger partial charge in [-0.3, -0.25) is 9.47 Å². The zero-order valence-electron chi connectivity index (χ0n) is 17.8. The van der Waals surface area contributed by atoms with Crippen molar-refractivity contribution < 1.29 is 18.0 Å². The number of anilines is 1. The third-order valence-electron chi connectivity index (χ3n) is 5.39. The number of rotatable bonds is 4. The fourth-order valence-corrected chi connectivity index (χ4v) is 3.79. The van der Waals surface area contributed by atoms with Crippen LogP contribution in [-0.4, -0.2) is 39.3 Å². The van der Waals surface area contributed by atoms with E-state index in [0.29, 0.717) is 34.8 Å². The van der Waals surface area contributed by atoms with E-state index in [1.54, 1.807) is 35.9 Å². The normalized spacial score (nSPS) is 14.6. The minimum Gasteiger partial charge on any atom is -0.321 e. The number of carbonyl (C=O) groups excluding carboxylic acids is 1. The molecule has 168 valence electrons. The van der Waals surface area contributed by atoms with E-state index in [1.165, 1.54) is 28.3 Å². The summed E-state index contributed by atoms with van der Waals surface area (Å²) in [4.78, 5) is 15.8. The molecule has 0 unspecified atom stereocenters. The second-order valence-corrected chi connectivity index (χ2v) is 7.48. The van der Waals surface area contributed by atoms with Crippen molar-refractivity contribution in [2.75, 3.05) is 18.5 Å². The quantitative estimate of drug-likeness (QED) is 0.559. The molecular weight excluding hydrogens is 433 g/mol. The van der Waals surface area contributed by atoms with Crippen molar-refractivity contribution in [1.82, 2.24) is 19.7 Å². The lowest BCUT2D eigenvalue weighted by Crippen LogP contribution is -2.47. The number of hydrogen-bond donors (Lipinski definition) is 0. The fourth-order valence-electron chi connectivity index (χ4n) is 3.79. The standard InChI is InChI=1S/C23H19F3N6O/c1-3-19-20(31-14-28-29-21(31)16-9-7-15(12-27)8-10-16)13-30(2)22(33)32(19)18-6-4-5-17(11-18)23(24,25)26/h4-11,14H,3,13H2,1-2H3. The van der Waals surface area contributed by atoms with Crippen molar-refractivity contribution in [1.29, 1.82) is 5.26 Å². The molecule has 0 radical (unpaired) electrons. The van der Waals surface area contributed by atoms with Crippen LogP contribution in [0.5, 0.6) is 0 Å². The second kappa shape index (κ2) is 8.43. The largest absolute Gasteiger partial charge is 0.416 e. The number of allylic oxidation sites excluding steroid dienone is 1. The predicted octanol–water partition coefficient (Wildman–Crippen LogP) is 4.99. The Hall–Kier alpha value is -4.13. The summed E-state index contributed by atoms with van der Waals surface area (Å²) in [7, 11) is 1.58. The maximum Gasteiger partial charge on any atom is 0.416 e. The summed E-state index contributed by atoms with van der Waals surface area (Å²) in [6.07, 6.45) is -2.64. The molecule has 0 fully saturated rings. The Kier molecular flexibility index (Phi) is 5.64. The van der Waals surface area contributed by atoms with Gasteiger partial charge in [0.25, 0.3) is 0 Å². The van der Waals surface area contributed by atoms with Crippen LogP contribution in [0.3, 0.4) is 0 Å². The number of hydrogen-bond acceptors (Lipinski definition) is 4. The highest BCUT2D eigenvalue weighted by molar-refractivity contribution is 5.99. The average molecular weight is 452 g/mol. The SMILES string of the molecule is CCC1=C(n2cnnc2-c2ccc(C#N)cc2)CN(C)C(=O)N1c1cccc(C(F)(F)F)c1. The summed E-state index contributed by atoms with van der Waals surface area (Å²) in [5.41, 5.74) is 1.72. The van der Waals surface area contributed by atoms with E-state index in [2.05, 4.69) is 16.3 Å². The number of likely N-dealkylation sites (N-methyl/N-ethyl adjacent to an activating group) is 1. The van der Waals surface area contributed by atoms with Gasteiger partial charge in [0.05, 0.1) is 35.1 Å². The van der Waals surface area contributed by atoms with Crippen molar-refractivity contribution in [2.24, 2.45) is 0 Å². The Labute approximate surface area is 188 Å². The lowest BCUT2D eigenvalue weighted by atomic mass is 10.1. The number of benzene rings is 2. The first-order valence-corrected chi connectivity index (χ1v) is 10.1. The van der Waals surface area contributed by atoms with E-state index in [1.807, 2.05) is 6.92 Å². The summed E-state index contributed by atoms with van der Waals surface area (Å²) in [5, 5.41) is 17.3. The number of halogens is 3. The topological polar surface area (TPSA) is 78.0 Å². The van der Waals surface area contributed by atoms with Gasteiger partial charge in [0.2, 0.25) is 0 Å². The van der Waals surface area contributed by atoms with Crippen LogP contribution in [0.4, 0.5) is 23.7 Å². The average Bonchev–Trinajstić information content (AvgIpc) is 3.29. The molecular formula is C23H19F3N6O. The number of nitriles is 1. The lowest BCUT2D eigenvalue weighted by molar-refractivity contribution is -0.137. The molecule has 4 rings (SSSR count). The van der Waals surface area contributed by atoms with Crippen molar-refractivity contribution in [3.05, 3.63) is 71.7 Å². The summed E-state index contributed by atoms with van der Waals surface area (Å²) in [6, 6.07) is 13.2. The highest BCUT2D eigenvalue weighted by Gasteiger charge is 2.35. The third kappa shape index (κ3) is 4.05. The molecule has 0 atom stereocenters. The van der Waals surface area contributed by atoms with Crippen LogP contribution < -0.4 is 4.90 Å². The third-order valence-corrected chi connectivity index (χ3v) is 5.39. The zero-order chi connectivity index (χ0) is 23.8. The van der Waals surface area contributed by atoms with Crippen molar-refractivity contribution >= 4 is 17.4 Å². The van der Waals surface area contributed by atoms with E-state index in [-0.39, 0.29) is 12.2 Å². The van der Waals surface area contributed by atoms with E-state index in [9.17, 15) is 18.0 Å². The molecule has 2 heterocycles. The van der Waals surface area contributed by atoms with Gasteiger partial charge >= 0.3 is 12.2 Å². The maximum absolute atomic E-state index is 13.3. The van der Waals surface area contributed by atoms with Crippen molar-refractivity contribution in [2.45, 2.75) is 19.5 Å². The Morgan fingerprint density at radius 1 is 1.15 bits per heavy atom. The number of alkyl halides is 3.